The molecule has 0 unspecified atom stereocenters. The first kappa shape index (κ1) is 21.2. The van der Waals surface area contributed by atoms with Crippen molar-refractivity contribution in [2.24, 2.45) is 7.05 Å². The molecule has 0 aliphatic carbocycles. The number of ether oxygens (including phenoxy) is 1. The molecule has 2 heterocycles. The van der Waals surface area contributed by atoms with Gasteiger partial charge in [-0.15, -0.1) is 0 Å². The van der Waals surface area contributed by atoms with Gasteiger partial charge in [0.15, 0.2) is 0 Å². The third-order valence-corrected chi connectivity index (χ3v) is 6.15. The molecule has 4 aromatic rings. The monoisotopic (exact) mass is 440 g/mol. The number of hydrogen-bond acceptors (Lipinski definition) is 4. The number of nitrogens with zero attached hydrogens (tertiary/aromatic N) is 3. The molecule has 1 atom stereocenters. The fraction of sp³-hybridized carbons (Fsp3) is 0.259. The van der Waals surface area contributed by atoms with Crippen molar-refractivity contribution in [2.75, 3.05) is 19.6 Å². The molecule has 0 bridgehead atoms. The first-order chi connectivity index (χ1) is 16.2. The van der Waals surface area contributed by atoms with Crippen molar-refractivity contribution in [3.63, 3.8) is 0 Å². The molecule has 0 fully saturated rings. The van der Waals surface area contributed by atoms with E-state index >= 15 is 0 Å². The van der Waals surface area contributed by atoms with Gasteiger partial charge in [-0.3, -0.25) is 9.69 Å². The second kappa shape index (κ2) is 9.46. The smallest absolute Gasteiger partial charge is 0.234 e. The third kappa shape index (κ3) is 4.76. The quantitative estimate of drug-likeness (QED) is 0.495. The summed E-state index contributed by atoms with van der Waals surface area (Å²) in [7, 11) is 2.02. The lowest BCUT2D eigenvalue weighted by atomic mass is 10.1. The molecule has 1 aliphatic rings. The van der Waals surface area contributed by atoms with Crippen LogP contribution >= 0.6 is 0 Å². The Kier molecular flexibility index (Phi) is 6.09. The number of carbonyl (C=O) groups is 1. The summed E-state index contributed by atoms with van der Waals surface area (Å²) >= 11 is 0. The Labute approximate surface area is 193 Å². The molecule has 1 aliphatic heterocycles. The molecule has 0 radical (unpaired) electrons. The highest BCUT2D eigenvalue weighted by Crippen LogP contribution is 2.30. The largest absolute Gasteiger partial charge is 0.484 e. The molecule has 0 saturated heterocycles. The van der Waals surface area contributed by atoms with Crippen LogP contribution in [-0.2, 0) is 24.8 Å². The number of aryl methyl sites for hydroxylation is 1. The van der Waals surface area contributed by atoms with E-state index in [1.54, 1.807) is 0 Å². The topological polar surface area (TPSA) is 59.4 Å². The molecule has 6 nitrogen and oxygen atoms in total. The van der Waals surface area contributed by atoms with E-state index in [0.717, 1.165) is 33.7 Å². The van der Waals surface area contributed by atoms with Crippen molar-refractivity contribution in [1.29, 1.82) is 0 Å². The zero-order valence-corrected chi connectivity index (χ0v) is 18.8. The normalized spacial score (nSPS) is 16.1. The van der Waals surface area contributed by atoms with Crippen LogP contribution in [0.15, 0.2) is 78.9 Å². The molecule has 5 rings (SSSR count). The van der Waals surface area contributed by atoms with Gasteiger partial charge in [-0.05, 0) is 23.8 Å². The van der Waals surface area contributed by atoms with Crippen LogP contribution in [0.3, 0.4) is 0 Å². The van der Waals surface area contributed by atoms with E-state index in [-0.39, 0.29) is 12.0 Å². The van der Waals surface area contributed by atoms with Gasteiger partial charge < -0.3 is 14.6 Å². The summed E-state index contributed by atoms with van der Waals surface area (Å²) in [4.78, 5) is 19.7. The number of imidazole rings is 1. The number of nitrogens with one attached hydrogen (secondary N) is 1. The van der Waals surface area contributed by atoms with Gasteiger partial charge in [0, 0.05) is 38.7 Å². The highest BCUT2D eigenvalue weighted by atomic mass is 16.5. The molecular formula is C27H28N4O2. The number of carbonyl (C=O) groups excluding carboxylic acids is 1. The maximum absolute atomic E-state index is 12.8. The molecule has 168 valence electrons. The molecule has 33 heavy (non-hydrogen) atoms. The fourth-order valence-corrected chi connectivity index (χ4v) is 4.43. The van der Waals surface area contributed by atoms with Crippen molar-refractivity contribution in [2.45, 2.75) is 19.1 Å². The van der Waals surface area contributed by atoms with Crippen LogP contribution in [0.25, 0.3) is 11.0 Å². The summed E-state index contributed by atoms with van der Waals surface area (Å²) in [6.45, 7) is 2.21. The Bertz CT molecular complexity index is 1250. The van der Waals surface area contributed by atoms with Crippen molar-refractivity contribution in [3.8, 4) is 5.75 Å². The lowest BCUT2D eigenvalue weighted by Crippen LogP contribution is -2.39. The minimum absolute atomic E-state index is 0.0138. The van der Waals surface area contributed by atoms with Crippen LogP contribution in [0.2, 0.25) is 0 Å². The molecule has 1 N–H and O–H groups in total. The van der Waals surface area contributed by atoms with Gasteiger partial charge >= 0.3 is 0 Å². The van der Waals surface area contributed by atoms with Gasteiger partial charge in [0.1, 0.15) is 17.7 Å². The van der Waals surface area contributed by atoms with Crippen LogP contribution in [0, 0.1) is 0 Å². The van der Waals surface area contributed by atoms with E-state index in [2.05, 4.69) is 39.0 Å². The molecule has 0 saturated carbocycles. The number of rotatable bonds is 6. The van der Waals surface area contributed by atoms with Gasteiger partial charge in [-0.2, -0.15) is 0 Å². The summed E-state index contributed by atoms with van der Waals surface area (Å²) < 4.78 is 8.44. The Hall–Kier alpha value is -3.64. The maximum atomic E-state index is 12.8. The Balaban J connectivity index is 1.23. The van der Waals surface area contributed by atoms with Crippen LogP contribution < -0.4 is 10.1 Å². The van der Waals surface area contributed by atoms with Gasteiger partial charge in [-0.1, -0.05) is 60.7 Å². The number of hydrogen-bond donors (Lipinski definition) is 1. The summed E-state index contributed by atoms with van der Waals surface area (Å²) in [5, 5.41) is 3.07. The van der Waals surface area contributed by atoms with Crippen LogP contribution in [0.5, 0.6) is 5.75 Å². The number of amides is 1. The highest BCUT2D eigenvalue weighted by Gasteiger charge is 2.25. The summed E-state index contributed by atoms with van der Waals surface area (Å²) in [5.74, 6) is 1.87. The van der Waals surface area contributed by atoms with Crippen molar-refractivity contribution >= 4 is 16.9 Å². The number of para-hydroxylation sites is 3. The second-order valence-corrected chi connectivity index (χ2v) is 8.47. The fourth-order valence-electron chi connectivity index (χ4n) is 4.43. The Morgan fingerprint density at radius 3 is 2.64 bits per heavy atom. The third-order valence-electron chi connectivity index (χ3n) is 6.15. The summed E-state index contributed by atoms with van der Waals surface area (Å²) in [6.07, 6.45) is 0.567. The second-order valence-electron chi connectivity index (χ2n) is 8.47. The minimum atomic E-state index is -0.123. The number of benzene rings is 3. The van der Waals surface area contributed by atoms with Crippen LogP contribution in [0.1, 0.15) is 23.1 Å². The van der Waals surface area contributed by atoms with Gasteiger partial charge in [0.05, 0.1) is 17.6 Å². The van der Waals surface area contributed by atoms with Gasteiger partial charge in [0.25, 0.3) is 0 Å². The van der Waals surface area contributed by atoms with Crippen molar-refractivity contribution in [3.05, 3.63) is 95.8 Å². The van der Waals surface area contributed by atoms with E-state index < -0.39 is 0 Å². The predicted molar refractivity (Wildman–Crippen MR) is 129 cm³/mol. The molecule has 1 amide bonds. The molecule has 6 heteroatoms. The van der Waals surface area contributed by atoms with Crippen LogP contribution in [-0.4, -0.2) is 40.0 Å². The maximum Gasteiger partial charge on any atom is 0.234 e. The highest BCUT2D eigenvalue weighted by molar-refractivity contribution is 5.78. The van der Waals surface area contributed by atoms with E-state index in [0.29, 0.717) is 32.6 Å². The summed E-state index contributed by atoms with van der Waals surface area (Å²) in [6, 6.07) is 26.4. The average molecular weight is 441 g/mol. The van der Waals surface area contributed by atoms with E-state index in [9.17, 15) is 4.79 Å². The predicted octanol–water partition coefficient (Wildman–Crippen LogP) is 3.87. The van der Waals surface area contributed by atoms with E-state index in [1.807, 2.05) is 61.6 Å². The first-order valence-electron chi connectivity index (χ1n) is 11.4. The van der Waals surface area contributed by atoms with Gasteiger partial charge in [0.2, 0.25) is 5.91 Å². The average Bonchev–Trinajstić information content (AvgIpc) is 3.04. The van der Waals surface area contributed by atoms with Gasteiger partial charge in [-0.25, -0.2) is 4.98 Å². The lowest BCUT2D eigenvalue weighted by molar-refractivity contribution is -0.122. The Morgan fingerprint density at radius 2 is 1.79 bits per heavy atom. The molecule has 3 aromatic carbocycles. The Morgan fingerprint density at radius 1 is 1.03 bits per heavy atom. The van der Waals surface area contributed by atoms with Crippen LogP contribution in [0.4, 0.5) is 0 Å². The SMILES string of the molecule is Cn1c(CCNC(=O)CN2Cc3ccccc3O[C@@H](c3ccccc3)C2)nc2ccccc21. The first-order valence-corrected chi connectivity index (χ1v) is 11.4. The minimum Gasteiger partial charge on any atom is -0.484 e. The zero-order chi connectivity index (χ0) is 22.6. The van der Waals surface area contributed by atoms with Crippen molar-refractivity contribution < 1.29 is 9.53 Å². The molecular weight excluding hydrogens is 412 g/mol. The standard InChI is InChI=1S/C27H28N4O2/c1-30-23-13-7-6-12-22(23)29-26(30)15-16-28-27(32)19-31-17-21-11-5-8-14-24(21)33-25(18-31)20-9-3-2-4-10-20/h2-14,25H,15-19H2,1H3,(H,28,32)/t25-/m1/s1. The summed E-state index contributed by atoms with van der Waals surface area (Å²) in [5.41, 5.74) is 4.30. The zero-order valence-electron chi connectivity index (χ0n) is 18.8. The van der Waals surface area contributed by atoms with E-state index in [1.165, 1.54) is 0 Å². The lowest BCUT2D eigenvalue weighted by Gasteiger charge is -2.23. The van der Waals surface area contributed by atoms with E-state index in [4.69, 9.17) is 9.72 Å². The number of fused-ring (bicyclic) bond motifs is 2. The molecule has 1 aromatic heterocycles. The molecule has 0 spiro atoms. The van der Waals surface area contributed by atoms with Crippen molar-refractivity contribution in [1.82, 2.24) is 19.8 Å². The number of aromatic nitrogens is 2.